The van der Waals surface area contributed by atoms with Crippen LogP contribution in [-0.2, 0) is 17.8 Å². The second kappa shape index (κ2) is 7.28. The summed E-state index contributed by atoms with van der Waals surface area (Å²) in [5, 5.41) is 11.6. The zero-order valence-corrected chi connectivity index (χ0v) is 14.4. The molecule has 0 bridgehead atoms. The van der Waals surface area contributed by atoms with Crippen molar-refractivity contribution in [1.82, 2.24) is 15.1 Å². The van der Waals surface area contributed by atoms with Crippen LogP contribution in [0, 0.1) is 13.8 Å². The summed E-state index contributed by atoms with van der Waals surface area (Å²) in [6, 6.07) is 1.29. The van der Waals surface area contributed by atoms with Gasteiger partial charge in [0.1, 0.15) is 4.88 Å². The number of methoxy groups -OCH3 is 1. The van der Waals surface area contributed by atoms with Gasteiger partial charge in [-0.15, -0.1) is 11.3 Å². The fourth-order valence-corrected chi connectivity index (χ4v) is 3.06. The Kier molecular flexibility index (Phi) is 5.38. The molecule has 0 unspecified atom stereocenters. The third-order valence-electron chi connectivity index (χ3n) is 3.54. The first-order chi connectivity index (χ1) is 11.0. The molecular formula is C15H20N4O3S. The first-order valence-corrected chi connectivity index (χ1v) is 8.09. The highest BCUT2D eigenvalue weighted by Crippen LogP contribution is 2.23. The molecule has 2 rings (SSSR count). The number of amides is 2. The number of carbonyl (C=O) groups is 2. The number of hydrogen-bond donors (Lipinski definition) is 2. The van der Waals surface area contributed by atoms with E-state index < -0.39 is 5.97 Å². The molecule has 2 aromatic heterocycles. The summed E-state index contributed by atoms with van der Waals surface area (Å²) in [5.74, 6) is -0.466. The molecule has 0 aliphatic heterocycles. The van der Waals surface area contributed by atoms with Crippen LogP contribution >= 0.6 is 11.3 Å². The molecule has 0 aliphatic rings. The Morgan fingerprint density at radius 1 is 1.39 bits per heavy atom. The number of aromatic nitrogens is 2. The van der Waals surface area contributed by atoms with E-state index in [4.69, 9.17) is 0 Å². The molecule has 0 fully saturated rings. The quantitative estimate of drug-likeness (QED) is 0.822. The molecule has 0 atom stereocenters. The first kappa shape index (κ1) is 17.0. The lowest BCUT2D eigenvalue weighted by Gasteiger charge is -2.08. The SMILES string of the molecule is CCn1nc(C)c(CNC(=O)Nc2ccsc2C(=O)OC)c1C. The largest absolute Gasteiger partial charge is 0.465 e. The molecule has 0 aromatic carbocycles. The van der Waals surface area contributed by atoms with Crippen molar-refractivity contribution in [1.29, 1.82) is 0 Å². The number of aryl methyl sites for hydroxylation is 2. The van der Waals surface area contributed by atoms with Gasteiger partial charge in [0.25, 0.3) is 0 Å². The maximum atomic E-state index is 12.0. The molecule has 2 heterocycles. The van der Waals surface area contributed by atoms with Crippen LogP contribution in [0.3, 0.4) is 0 Å². The van der Waals surface area contributed by atoms with Crippen LogP contribution in [0.1, 0.15) is 33.5 Å². The van der Waals surface area contributed by atoms with E-state index in [9.17, 15) is 9.59 Å². The molecule has 0 saturated heterocycles. The van der Waals surface area contributed by atoms with Gasteiger partial charge < -0.3 is 15.4 Å². The highest BCUT2D eigenvalue weighted by molar-refractivity contribution is 7.12. The number of nitrogens with one attached hydrogen (secondary N) is 2. The number of ether oxygens (including phenoxy) is 1. The Labute approximate surface area is 138 Å². The lowest BCUT2D eigenvalue weighted by molar-refractivity contribution is 0.0607. The molecule has 124 valence electrons. The van der Waals surface area contributed by atoms with Gasteiger partial charge in [-0.1, -0.05) is 0 Å². The highest BCUT2D eigenvalue weighted by atomic mass is 32.1. The van der Waals surface area contributed by atoms with Crippen molar-refractivity contribution >= 4 is 29.0 Å². The molecule has 0 saturated carbocycles. The third-order valence-corrected chi connectivity index (χ3v) is 4.44. The van der Waals surface area contributed by atoms with Gasteiger partial charge in [-0.2, -0.15) is 5.10 Å². The summed E-state index contributed by atoms with van der Waals surface area (Å²) in [6.07, 6.45) is 0. The Hall–Kier alpha value is -2.35. The molecular weight excluding hydrogens is 316 g/mol. The number of nitrogens with zero attached hydrogens (tertiary/aromatic N) is 2. The summed E-state index contributed by atoms with van der Waals surface area (Å²) < 4.78 is 6.58. The molecule has 7 nitrogen and oxygen atoms in total. The molecule has 2 N–H and O–H groups in total. The van der Waals surface area contributed by atoms with Gasteiger partial charge in [0, 0.05) is 24.3 Å². The summed E-state index contributed by atoms with van der Waals surface area (Å²) in [4.78, 5) is 24.0. The minimum absolute atomic E-state index is 0.369. The lowest BCUT2D eigenvalue weighted by atomic mass is 10.2. The molecule has 0 aliphatic carbocycles. The van der Waals surface area contributed by atoms with E-state index in [1.54, 1.807) is 11.4 Å². The van der Waals surface area contributed by atoms with Crippen molar-refractivity contribution in [2.75, 3.05) is 12.4 Å². The average molecular weight is 336 g/mol. The smallest absolute Gasteiger partial charge is 0.350 e. The predicted octanol–water partition coefficient (Wildman–Crippen LogP) is 2.69. The van der Waals surface area contributed by atoms with Gasteiger partial charge >= 0.3 is 12.0 Å². The first-order valence-electron chi connectivity index (χ1n) is 7.21. The number of esters is 1. The van der Waals surface area contributed by atoms with E-state index in [0.717, 1.165) is 23.5 Å². The molecule has 0 radical (unpaired) electrons. The Morgan fingerprint density at radius 2 is 2.13 bits per heavy atom. The van der Waals surface area contributed by atoms with Gasteiger partial charge in [-0.05, 0) is 32.2 Å². The van der Waals surface area contributed by atoms with E-state index in [1.807, 2.05) is 25.5 Å². The van der Waals surface area contributed by atoms with E-state index in [1.165, 1.54) is 18.4 Å². The fraction of sp³-hybridized carbons (Fsp3) is 0.400. The Morgan fingerprint density at radius 3 is 2.74 bits per heavy atom. The summed E-state index contributed by atoms with van der Waals surface area (Å²) >= 11 is 1.22. The summed E-state index contributed by atoms with van der Waals surface area (Å²) in [6.45, 7) is 7.08. The van der Waals surface area contributed by atoms with Crippen LogP contribution in [0.4, 0.5) is 10.5 Å². The third kappa shape index (κ3) is 3.70. The lowest BCUT2D eigenvalue weighted by Crippen LogP contribution is -2.29. The Balaban J connectivity index is 2.00. The van der Waals surface area contributed by atoms with E-state index in [-0.39, 0.29) is 6.03 Å². The fourth-order valence-electron chi connectivity index (χ4n) is 2.29. The molecule has 8 heteroatoms. The van der Waals surface area contributed by atoms with E-state index >= 15 is 0 Å². The molecule has 2 amide bonds. The van der Waals surface area contributed by atoms with E-state index in [0.29, 0.717) is 17.1 Å². The normalized spacial score (nSPS) is 10.4. The van der Waals surface area contributed by atoms with Crippen molar-refractivity contribution in [2.45, 2.75) is 33.9 Å². The van der Waals surface area contributed by atoms with Crippen LogP contribution in [0.2, 0.25) is 0 Å². The molecule has 0 spiro atoms. The molecule has 2 aromatic rings. The van der Waals surface area contributed by atoms with Crippen molar-refractivity contribution < 1.29 is 14.3 Å². The second-order valence-corrected chi connectivity index (χ2v) is 5.84. The van der Waals surface area contributed by atoms with E-state index in [2.05, 4.69) is 20.5 Å². The monoisotopic (exact) mass is 336 g/mol. The van der Waals surface area contributed by atoms with Crippen LogP contribution in [-0.4, -0.2) is 28.9 Å². The average Bonchev–Trinajstić information content (AvgIpc) is 3.09. The minimum atomic E-state index is -0.466. The van der Waals surface area contributed by atoms with Crippen molar-refractivity contribution in [3.63, 3.8) is 0 Å². The maximum absolute atomic E-state index is 12.0. The number of anilines is 1. The molecule has 23 heavy (non-hydrogen) atoms. The predicted molar refractivity (Wildman–Crippen MR) is 88.9 cm³/mol. The number of urea groups is 1. The van der Waals surface area contributed by atoms with Gasteiger partial charge in [0.2, 0.25) is 0 Å². The summed E-state index contributed by atoms with van der Waals surface area (Å²) in [5.41, 5.74) is 3.38. The van der Waals surface area contributed by atoms with Gasteiger partial charge in [-0.3, -0.25) is 4.68 Å². The van der Waals surface area contributed by atoms with Gasteiger partial charge in [-0.25, -0.2) is 9.59 Å². The zero-order valence-electron chi connectivity index (χ0n) is 13.6. The van der Waals surface area contributed by atoms with Gasteiger partial charge in [0.15, 0.2) is 0 Å². The number of carbonyl (C=O) groups excluding carboxylic acids is 2. The van der Waals surface area contributed by atoms with Crippen LogP contribution in [0.25, 0.3) is 0 Å². The van der Waals surface area contributed by atoms with Crippen molar-refractivity contribution in [2.24, 2.45) is 0 Å². The Bertz CT molecular complexity index is 720. The highest BCUT2D eigenvalue weighted by Gasteiger charge is 2.16. The van der Waals surface area contributed by atoms with Crippen LogP contribution in [0.5, 0.6) is 0 Å². The van der Waals surface area contributed by atoms with Crippen LogP contribution < -0.4 is 10.6 Å². The number of hydrogen-bond acceptors (Lipinski definition) is 5. The maximum Gasteiger partial charge on any atom is 0.350 e. The van der Waals surface area contributed by atoms with Gasteiger partial charge in [0.05, 0.1) is 18.5 Å². The standard InChI is InChI=1S/C15H20N4O3S/c1-5-19-10(3)11(9(2)18-19)8-16-15(21)17-12-6-7-23-13(12)14(20)22-4/h6-7H,5,8H2,1-4H3,(H2,16,17,21). The number of thiophene rings is 1. The zero-order chi connectivity index (χ0) is 17.0. The van der Waals surface area contributed by atoms with Crippen molar-refractivity contribution in [3.05, 3.63) is 33.3 Å². The minimum Gasteiger partial charge on any atom is -0.465 e. The van der Waals surface area contributed by atoms with Crippen LogP contribution in [0.15, 0.2) is 11.4 Å². The summed E-state index contributed by atoms with van der Waals surface area (Å²) in [7, 11) is 1.31. The van der Waals surface area contributed by atoms with Crippen molar-refractivity contribution in [3.8, 4) is 0 Å². The topological polar surface area (TPSA) is 85.3 Å². The number of rotatable bonds is 5. The second-order valence-electron chi connectivity index (χ2n) is 4.93.